The van der Waals surface area contributed by atoms with Gasteiger partial charge in [-0.1, -0.05) is 22.0 Å². The molecule has 86 valence electrons. The third-order valence-electron chi connectivity index (χ3n) is 2.08. The molecule has 0 N–H and O–H groups in total. The van der Waals surface area contributed by atoms with Crippen LogP contribution in [-0.4, -0.2) is 5.97 Å². The number of carbonyl (C=O) groups excluding carboxylic acids is 1. The fourth-order valence-electron chi connectivity index (χ4n) is 1.28. The Hall–Kier alpha value is -0.880. The van der Waals surface area contributed by atoms with Gasteiger partial charge in [0, 0.05) is 8.04 Å². The number of rotatable bonds is 2. The van der Waals surface area contributed by atoms with E-state index in [4.69, 9.17) is 4.74 Å². The molecular formula is C13H8BrIO2. The fraction of sp³-hybridized carbons (Fsp3) is 0. The average molecular weight is 403 g/mol. The van der Waals surface area contributed by atoms with Crippen molar-refractivity contribution in [1.82, 2.24) is 0 Å². The summed E-state index contributed by atoms with van der Waals surface area (Å²) in [6, 6.07) is 14.4. The van der Waals surface area contributed by atoms with E-state index < -0.39 is 0 Å². The summed E-state index contributed by atoms with van der Waals surface area (Å²) in [6.07, 6.45) is 0. The van der Waals surface area contributed by atoms with Crippen molar-refractivity contribution in [3.05, 3.63) is 62.1 Å². The van der Waals surface area contributed by atoms with Crippen molar-refractivity contribution in [3.8, 4) is 5.75 Å². The van der Waals surface area contributed by atoms with E-state index >= 15 is 0 Å². The summed E-state index contributed by atoms with van der Waals surface area (Å²) in [4.78, 5) is 11.8. The van der Waals surface area contributed by atoms with Crippen molar-refractivity contribution in [2.24, 2.45) is 0 Å². The van der Waals surface area contributed by atoms with Crippen molar-refractivity contribution >= 4 is 44.5 Å². The highest BCUT2D eigenvalue weighted by Crippen LogP contribution is 2.18. The highest BCUT2D eigenvalue weighted by Gasteiger charge is 2.08. The summed E-state index contributed by atoms with van der Waals surface area (Å²) in [5.41, 5.74) is 0.555. The van der Waals surface area contributed by atoms with Crippen LogP contribution in [0.15, 0.2) is 53.0 Å². The molecule has 0 aliphatic rings. The third-order valence-corrected chi connectivity index (χ3v) is 3.28. The van der Waals surface area contributed by atoms with Crippen LogP contribution in [-0.2, 0) is 0 Å². The Kier molecular flexibility index (Phi) is 4.17. The van der Waals surface area contributed by atoms with Gasteiger partial charge in [0.2, 0.25) is 0 Å². The number of halogens is 2. The molecular weight excluding hydrogens is 395 g/mol. The van der Waals surface area contributed by atoms with Crippen LogP contribution in [0.3, 0.4) is 0 Å². The second-order valence-corrected chi connectivity index (χ2v) is 5.52. The first-order chi connectivity index (χ1) is 8.15. The molecule has 0 amide bonds. The molecule has 0 heterocycles. The lowest BCUT2D eigenvalue weighted by molar-refractivity contribution is 0.0734. The average Bonchev–Trinajstić information content (AvgIpc) is 2.32. The molecule has 17 heavy (non-hydrogen) atoms. The molecule has 2 aromatic carbocycles. The molecule has 2 aromatic rings. The Morgan fingerprint density at radius 3 is 2.47 bits per heavy atom. The Morgan fingerprint density at radius 2 is 1.82 bits per heavy atom. The van der Waals surface area contributed by atoms with Crippen LogP contribution >= 0.6 is 38.5 Å². The third kappa shape index (κ3) is 3.54. The van der Waals surface area contributed by atoms with E-state index in [-0.39, 0.29) is 5.97 Å². The standard InChI is InChI=1S/C13H8BrIO2/c14-10-4-6-12(7-5-10)17-13(16)9-2-1-3-11(15)8-9/h1-8H. The van der Waals surface area contributed by atoms with Crippen molar-refractivity contribution in [2.75, 3.05) is 0 Å². The van der Waals surface area contributed by atoms with E-state index in [0.29, 0.717) is 11.3 Å². The maximum Gasteiger partial charge on any atom is 0.343 e. The van der Waals surface area contributed by atoms with Gasteiger partial charge in [-0.15, -0.1) is 0 Å². The van der Waals surface area contributed by atoms with E-state index in [0.717, 1.165) is 8.04 Å². The van der Waals surface area contributed by atoms with Gasteiger partial charge < -0.3 is 4.74 Å². The van der Waals surface area contributed by atoms with Gasteiger partial charge in [0.1, 0.15) is 5.75 Å². The van der Waals surface area contributed by atoms with Crippen LogP contribution in [0.4, 0.5) is 0 Å². The van der Waals surface area contributed by atoms with Gasteiger partial charge in [0.15, 0.2) is 0 Å². The first-order valence-corrected chi connectivity index (χ1v) is 6.75. The molecule has 2 nitrogen and oxygen atoms in total. The summed E-state index contributed by atoms with van der Waals surface area (Å²) in [7, 11) is 0. The van der Waals surface area contributed by atoms with Gasteiger partial charge in [-0.05, 0) is 65.1 Å². The normalized spacial score (nSPS) is 10.0. The zero-order valence-corrected chi connectivity index (χ0v) is 12.4. The largest absolute Gasteiger partial charge is 0.423 e. The number of esters is 1. The summed E-state index contributed by atoms with van der Waals surface area (Å²) in [5, 5.41) is 0. The summed E-state index contributed by atoms with van der Waals surface area (Å²) in [6.45, 7) is 0. The molecule has 0 aromatic heterocycles. The Labute approximate surface area is 121 Å². The highest BCUT2D eigenvalue weighted by atomic mass is 127. The molecule has 0 spiro atoms. The maximum atomic E-state index is 11.8. The van der Waals surface area contributed by atoms with Crippen molar-refractivity contribution in [3.63, 3.8) is 0 Å². The molecule has 0 aliphatic carbocycles. The Balaban J connectivity index is 2.14. The predicted octanol–water partition coefficient (Wildman–Crippen LogP) is 4.27. The maximum absolute atomic E-state index is 11.8. The second-order valence-electron chi connectivity index (χ2n) is 3.35. The molecule has 0 radical (unpaired) electrons. The van der Waals surface area contributed by atoms with Crippen LogP contribution < -0.4 is 4.74 Å². The molecule has 0 saturated heterocycles. The van der Waals surface area contributed by atoms with Gasteiger partial charge in [-0.3, -0.25) is 0 Å². The lowest BCUT2D eigenvalue weighted by Crippen LogP contribution is -2.08. The van der Waals surface area contributed by atoms with Crippen LogP contribution in [0.5, 0.6) is 5.75 Å². The van der Waals surface area contributed by atoms with Crippen LogP contribution in [0.25, 0.3) is 0 Å². The van der Waals surface area contributed by atoms with Gasteiger partial charge in [-0.25, -0.2) is 4.79 Å². The lowest BCUT2D eigenvalue weighted by atomic mass is 10.2. The number of hydrogen-bond acceptors (Lipinski definition) is 2. The van der Waals surface area contributed by atoms with E-state index in [9.17, 15) is 4.79 Å². The molecule has 0 unspecified atom stereocenters. The number of carbonyl (C=O) groups is 1. The number of hydrogen-bond donors (Lipinski definition) is 0. The van der Waals surface area contributed by atoms with Gasteiger partial charge in [0.25, 0.3) is 0 Å². The summed E-state index contributed by atoms with van der Waals surface area (Å²) >= 11 is 5.48. The van der Waals surface area contributed by atoms with E-state index in [1.807, 2.05) is 24.3 Å². The van der Waals surface area contributed by atoms with Crippen LogP contribution in [0.2, 0.25) is 0 Å². The Morgan fingerprint density at radius 1 is 1.12 bits per heavy atom. The van der Waals surface area contributed by atoms with Gasteiger partial charge in [-0.2, -0.15) is 0 Å². The van der Waals surface area contributed by atoms with Crippen LogP contribution in [0, 0.1) is 3.57 Å². The monoisotopic (exact) mass is 402 g/mol. The SMILES string of the molecule is O=C(Oc1ccc(Br)cc1)c1cccc(I)c1. The smallest absolute Gasteiger partial charge is 0.343 e. The minimum Gasteiger partial charge on any atom is -0.423 e. The fourth-order valence-corrected chi connectivity index (χ4v) is 2.09. The van der Waals surface area contributed by atoms with Crippen molar-refractivity contribution in [2.45, 2.75) is 0 Å². The van der Waals surface area contributed by atoms with E-state index in [2.05, 4.69) is 38.5 Å². The van der Waals surface area contributed by atoms with Crippen molar-refractivity contribution < 1.29 is 9.53 Å². The summed E-state index contributed by atoms with van der Waals surface area (Å²) in [5.74, 6) is 0.197. The molecule has 2 rings (SSSR count). The quantitative estimate of drug-likeness (QED) is 0.426. The minimum atomic E-state index is -0.342. The Bertz CT molecular complexity index is 537. The zero-order chi connectivity index (χ0) is 12.3. The number of benzene rings is 2. The van der Waals surface area contributed by atoms with Crippen molar-refractivity contribution in [1.29, 1.82) is 0 Å². The van der Waals surface area contributed by atoms with Crippen LogP contribution in [0.1, 0.15) is 10.4 Å². The molecule has 0 aliphatic heterocycles. The topological polar surface area (TPSA) is 26.3 Å². The van der Waals surface area contributed by atoms with E-state index in [1.165, 1.54) is 0 Å². The molecule has 0 saturated carbocycles. The lowest BCUT2D eigenvalue weighted by Gasteiger charge is -2.04. The molecule has 0 fully saturated rings. The second kappa shape index (κ2) is 5.64. The van der Waals surface area contributed by atoms with Gasteiger partial charge >= 0.3 is 5.97 Å². The molecule has 0 atom stereocenters. The summed E-state index contributed by atoms with van der Waals surface area (Å²) < 4.78 is 7.21. The predicted molar refractivity (Wildman–Crippen MR) is 78.3 cm³/mol. The number of ether oxygens (including phenoxy) is 1. The molecule has 0 bridgehead atoms. The first-order valence-electron chi connectivity index (χ1n) is 4.88. The zero-order valence-electron chi connectivity index (χ0n) is 8.69. The molecule has 4 heteroatoms. The first kappa shape index (κ1) is 12.6. The highest BCUT2D eigenvalue weighted by molar-refractivity contribution is 14.1. The minimum absolute atomic E-state index is 0.342. The van der Waals surface area contributed by atoms with E-state index in [1.54, 1.807) is 24.3 Å². The van der Waals surface area contributed by atoms with Gasteiger partial charge in [0.05, 0.1) is 5.56 Å².